The molecule has 0 aliphatic carbocycles. The van der Waals surface area contributed by atoms with E-state index >= 15 is 0 Å². The number of hydrogen-bond donors (Lipinski definition) is 2. The fraction of sp³-hybridized carbons (Fsp3) is 0.632. The number of halogens is 1. The smallest absolute Gasteiger partial charge is 0.220 e. The summed E-state index contributed by atoms with van der Waals surface area (Å²) in [7, 11) is 0. The number of nitrogens with one attached hydrogen (secondary N) is 2. The molecule has 1 unspecified atom stereocenters. The van der Waals surface area contributed by atoms with E-state index in [-0.39, 0.29) is 11.3 Å². The molecular weight excluding hydrogens is 352 g/mol. The maximum Gasteiger partial charge on any atom is 0.220 e. The zero-order valence-electron chi connectivity index (χ0n) is 14.5. The largest absolute Gasteiger partial charge is 0.355 e. The number of hydrogen-bond acceptors (Lipinski definition) is 2. The summed E-state index contributed by atoms with van der Waals surface area (Å²) in [4.78, 5) is 12.3. The summed E-state index contributed by atoms with van der Waals surface area (Å²) in [6.07, 6.45) is 3.03. The number of carbonyl (C=O) groups is 1. The minimum atomic E-state index is -0.0612. The zero-order valence-corrected chi connectivity index (χ0v) is 16.1. The number of rotatable bonds is 6. The van der Waals surface area contributed by atoms with Crippen molar-refractivity contribution >= 4 is 21.8 Å². The summed E-state index contributed by atoms with van der Waals surface area (Å²) < 4.78 is 1.08. The van der Waals surface area contributed by atoms with E-state index in [2.05, 4.69) is 71.6 Å². The lowest BCUT2D eigenvalue weighted by Gasteiger charge is -2.29. The fourth-order valence-corrected chi connectivity index (χ4v) is 3.53. The van der Waals surface area contributed by atoms with Gasteiger partial charge in [0, 0.05) is 22.9 Å². The van der Waals surface area contributed by atoms with Crippen molar-refractivity contribution < 1.29 is 4.79 Å². The van der Waals surface area contributed by atoms with Gasteiger partial charge in [-0.3, -0.25) is 4.79 Å². The second-order valence-electron chi connectivity index (χ2n) is 7.44. The number of piperidine rings is 1. The highest BCUT2D eigenvalue weighted by Crippen LogP contribution is 2.26. The normalized spacial score (nSPS) is 17.7. The molecule has 2 rings (SSSR count). The summed E-state index contributed by atoms with van der Waals surface area (Å²) in [5, 5.41) is 6.53. The Kier molecular flexibility index (Phi) is 6.66. The van der Waals surface area contributed by atoms with Gasteiger partial charge in [-0.2, -0.15) is 0 Å². The van der Waals surface area contributed by atoms with Crippen molar-refractivity contribution in [1.82, 2.24) is 10.6 Å². The molecule has 2 N–H and O–H groups in total. The fourth-order valence-electron chi connectivity index (χ4n) is 3.27. The Hall–Kier alpha value is -0.870. The van der Waals surface area contributed by atoms with Crippen molar-refractivity contribution in [2.24, 2.45) is 11.8 Å². The van der Waals surface area contributed by atoms with Gasteiger partial charge in [0.2, 0.25) is 5.91 Å². The highest BCUT2D eigenvalue weighted by atomic mass is 79.9. The summed E-state index contributed by atoms with van der Waals surface area (Å²) in [5.74, 6) is 1.33. The molecule has 1 aromatic rings. The molecule has 128 valence electrons. The van der Waals surface area contributed by atoms with Crippen LogP contribution in [-0.4, -0.2) is 25.5 Å². The monoisotopic (exact) mass is 380 g/mol. The quantitative estimate of drug-likeness (QED) is 0.786. The Labute approximate surface area is 148 Å². The van der Waals surface area contributed by atoms with Gasteiger partial charge in [-0.1, -0.05) is 48.8 Å². The first kappa shape index (κ1) is 18.5. The first-order chi connectivity index (χ1) is 10.9. The Bertz CT molecular complexity index is 507. The summed E-state index contributed by atoms with van der Waals surface area (Å²) in [6, 6.07) is 8.35. The third-order valence-electron chi connectivity index (χ3n) is 5.05. The number of benzene rings is 1. The molecule has 0 radical (unpaired) electrons. The minimum Gasteiger partial charge on any atom is -0.355 e. The highest BCUT2D eigenvalue weighted by Gasteiger charge is 2.24. The van der Waals surface area contributed by atoms with Crippen molar-refractivity contribution in [2.45, 2.75) is 45.4 Å². The van der Waals surface area contributed by atoms with Gasteiger partial charge >= 0.3 is 0 Å². The van der Waals surface area contributed by atoms with Crippen LogP contribution < -0.4 is 10.6 Å². The van der Waals surface area contributed by atoms with Gasteiger partial charge in [-0.25, -0.2) is 0 Å². The van der Waals surface area contributed by atoms with Crippen molar-refractivity contribution in [3.63, 3.8) is 0 Å². The van der Waals surface area contributed by atoms with Crippen LogP contribution in [0, 0.1) is 11.8 Å². The molecule has 4 heteroatoms. The van der Waals surface area contributed by atoms with Crippen LogP contribution in [-0.2, 0) is 10.2 Å². The Morgan fingerprint density at radius 1 is 1.30 bits per heavy atom. The molecule has 0 saturated carbocycles. The molecule has 1 heterocycles. The molecule has 23 heavy (non-hydrogen) atoms. The van der Waals surface area contributed by atoms with Gasteiger partial charge in [-0.05, 0) is 55.5 Å². The molecule has 1 atom stereocenters. The van der Waals surface area contributed by atoms with Gasteiger partial charge in [0.1, 0.15) is 0 Å². The van der Waals surface area contributed by atoms with E-state index in [9.17, 15) is 4.79 Å². The van der Waals surface area contributed by atoms with Crippen LogP contribution >= 0.6 is 15.9 Å². The maximum atomic E-state index is 12.3. The van der Waals surface area contributed by atoms with Crippen molar-refractivity contribution in [3.05, 3.63) is 34.3 Å². The molecule has 0 aromatic heterocycles. The van der Waals surface area contributed by atoms with Crippen molar-refractivity contribution in [2.75, 3.05) is 19.6 Å². The van der Waals surface area contributed by atoms with Crippen LogP contribution in [0.1, 0.15) is 45.6 Å². The molecule has 1 aromatic carbocycles. The average Bonchev–Trinajstić information content (AvgIpc) is 2.54. The van der Waals surface area contributed by atoms with E-state index in [1.165, 1.54) is 18.4 Å². The molecular formula is C19H29BrN2O. The van der Waals surface area contributed by atoms with Gasteiger partial charge in [-0.15, -0.1) is 0 Å². The zero-order chi connectivity index (χ0) is 16.9. The molecule has 1 amide bonds. The summed E-state index contributed by atoms with van der Waals surface area (Å²) >= 11 is 3.47. The Morgan fingerprint density at radius 2 is 1.91 bits per heavy atom. The molecule has 1 aliphatic heterocycles. The minimum absolute atomic E-state index is 0.0612. The molecule has 0 spiro atoms. The summed E-state index contributed by atoms with van der Waals surface area (Å²) in [6.45, 7) is 9.42. The predicted octanol–water partition coefficient (Wildman–Crippen LogP) is 3.87. The molecule has 1 fully saturated rings. The maximum absolute atomic E-state index is 12.3. The van der Waals surface area contributed by atoms with Gasteiger partial charge in [0.05, 0.1) is 0 Å². The van der Waals surface area contributed by atoms with E-state index in [1.54, 1.807) is 0 Å². The van der Waals surface area contributed by atoms with Gasteiger partial charge in [0.15, 0.2) is 0 Å². The number of amides is 1. The van der Waals surface area contributed by atoms with Crippen LogP contribution in [0.25, 0.3) is 0 Å². The first-order valence-corrected chi connectivity index (χ1v) is 9.41. The van der Waals surface area contributed by atoms with E-state index < -0.39 is 0 Å². The van der Waals surface area contributed by atoms with Gasteiger partial charge in [0.25, 0.3) is 0 Å². The average molecular weight is 381 g/mol. The molecule has 0 bridgehead atoms. The lowest BCUT2D eigenvalue weighted by molar-refractivity contribution is -0.122. The van der Waals surface area contributed by atoms with Gasteiger partial charge < -0.3 is 10.6 Å². The van der Waals surface area contributed by atoms with Crippen molar-refractivity contribution in [1.29, 1.82) is 0 Å². The summed E-state index contributed by atoms with van der Waals surface area (Å²) in [5.41, 5.74) is 1.18. The predicted molar refractivity (Wildman–Crippen MR) is 99.6 cm³/mol. The second-order valence-corrected chi connectivity index (χ2v) is 8.35. The van der Waals surface area contributed by atoms with Crippen LogP contribution in [0.4, 0.5) is 0 Å². The molecule has 1 saturated heterocycles. The SMILES string of the molecule is CC(CC(=O)NCC(C)(C)c1ccc(Br)cc1)C1CCNCC1. The third kappa shape index (κ3) is 5.61. The van der Waals surface area contributed by atoms with Crippen LogP contribution in [0.3, 0.4) is 0 Å². The van der Waals surface area contributed by atoms with Crippen molar-refractivity contribution in [3.8, 4) is 0 Å². The van der Waals surface area contributed by atoms with E-state index in [1.807, 2.05) is 0 Å². The topological polar surface area (TPSA) is 41.1 Å². The van der Waals surface area contributed by atoms with E-state index in [0.717, 1.165) is 17.6 Å². The lowest BCUT2D eigenvalue weighted by Crippen LogP contribution is -2.38. The molecule has 1 aliphatic rings. The van der Waals surface area contributed by atoms with Crippen LogP contribution in [0.2, 0.25) is 0 Å². The lowest BCUT2D eigenvalue weighted by atomic mass is 9.83. The highest BCUT2D eigenvalue weighted by molar-refractivity contribution is 9.10. The standard InChI is InChI=1S/C19H29BrN2O/c1-14(15-8-10-21-11-9-15)12-18(23)22-13-19(2,3)16-4-6-17(20)7-5-16/h4-7,14-15,21H,8-13H2,1-3H3,(H,22,23). The van der Waals surface area contributed by atoms with Crippen LogP contribution in [0.5, 0.6) is 0 Å². The first-order valence-electron chi connectivity index (χ1n) is 8.62. The van der Waals surface area contributed by atoms with E-state index in [0.29, 0.717) is 24.8 Å². The third-order valence-corrected chi connectivity index (χ3v) is 5.58. The Morgan fingerprint density at radius 3 is 2.52 bits per heavy atom. The van der Waals surface area contributed by atoms with E-state index in [4.69, 9.17) is 0 Å². The van der Waals surface area contributed by atoms with Crippen LogP contribution in [0.15, 0.2) is 28.7 Å². The Balaban J connectivity index is 1.81. The number of carbonyl (C=O) groups excluding carboxylic acids is 1. The molecule has 3 nitrogen and oxygen atoms in total. The second kappa shape index (κ2) is 8.29.